The van der Waals surface area contributed by atoms with Crippen LogP contribution in [0.2, 0.25) is 0 Å². The van der Waals surface area contributed by atoms with Gasteiger partial charge in [0.15, 0.2) is 5.65 Å². The summed E-state index contributed by atoms with van der Waals surface area (Å²) in [7, 11) is 0. The third kappa shape index (κ3) is 2.88. The lowest BCUT2D eigenvalue weighted by Gasteiger charge is -2.26. The van der Waals surface area contributed by atoms with Crippen LogP contribution in [0.15, 0.2) is 18.3 Å². The molecule has 124 valence electrons. The molecule has 5 heteroatoms. The smallest absolute Gasteiger partial charge is 0.160 e. The quantitative estimate of drug-likeness (QED) is 0.870. The van der Waals surface area contributed by atoms with Gasteiger partial charge in [0.2, 0.25) is 0 Å². The third-order valence-electron chi connectivity index (χ3n) is 5.38. The minimum absolute atomic E-state index is 0.453. The van der Waals surface area contributed by atoms with Gasteiger partial charge in [-0.25, -0.2) is 9.97 Å². The minimum atomic E-state index is 0.453. The minimum Gasteiger partial charge on any atom is -0.381 e. The molecule has 1 atom stereocenters. The van der Waals surface area contributed by atoms with Crippen molar-refractivity contribution in [3.05, 3.63) is 24.2 Å². The number of pyridine rings is 1. The molecule has 1 unspecified atom stereocenters. The van der Waals surface area contributed by atoms with E-state index in [0.717, 1.165) is 50.3 Å². The van der Waals surface area contributed by atoms with E-state index in [4.69, 9.17) is 9.72 Å². The zero-order valence-electron chi connectivity index (χ0n) is 13.9. The van der Waals surface area contributed by atoms with E-state index < -0.39 is 0 Å². The molecule has 2 aromatic rings. The molecule has 2 fully saturated rings. The highest BCUT2D eigenvalue weighted by atomic mass is 16.5. The number of rotatable bonds is 4. The number of nitrogens with zero attached hydrogens (tertiary/aromatic N) is 4. The second-order valence-electron chi connectivity index (χ2n) is 6.77. The first-order valence-corrected chi connectivity index (χ1v) is 8.99. The molecule has 2 aliphatic heterocycles. The molecule has 0 amide bonds. The molecular weight excluding hydrogens is 288 g/mol. The van der Waals surface area contributed by atoms with Crippen LogP contribution in [0.5, 0.6) is 0 Å². The molecule has 2 saturated heterocycles. The van der Waals surface area contributed by atoms with Crippen molar-refractivity contribution in [3.8, 4) is 0 Å². The van der Waals surface area contributed by atoms with Crippen LogP contribution >= 0.6 is 0 Å². The van der Waals surface area contributed by atoms with Crippen LogP contribution in [0.25, 0.3) is 11.2 Å². The summed E-state index contributed by atoms with van der Waals surface area (Å²) in [6, 6.07) is 4.54. The van der Waals surface area contributed by atoms with Gasteiger partial charge in [-0.05, 0) is 56.8 Å². The van der Waals surface area contributed by atoms with Gasteiger partial charge in [0, 0.05) is 26.0 Å². The molecule has 0 bridgehead atoms. The fourth-order valence-electron chi connectivity index (χ4n) is 4.09. The molecule has 0 aromatic carbocycles. The van der Waals surface area contributed by atoms with E-state index in [1.807, 2.05) is 12.3 Å². The van der Waals surface area contributed by atoms with Gasteiger partial charge in [-0.3, -0.25) is 4.90 Å². The first-order chi connectivity index (χ1) is 11.4. The van der Waals surface area contributed by atoms with Crippen molar-refractivity contribution < 1.29 is 4.74 Å². The van der Waals surface area contributed by atoms with Crippen molar-refractivity contribution in [3.63, 3.8) is 0 Å². The van der Waals surface area contributed by atoms with E-state index >= 15 is 0 Å². The van der Waals surface area contributed by atoms with E-state index in [0.29, 0.717) is 12.0 Å². The fraction of sp³-hybridized carbons (Fsp3) is 0.667. The zero-order chi connectivity index (χ0) is 15.6. The van der Waals surface area contributed by atoms with Gasteiger partial charge in [0.1, 0.15) is 11.3 Å². The summed E-state index contributed by atoms with van der Waals surface area (Å²) in [4.78, 5) is 12.2. The summed E-state index contributed by atoms with van der Waals surface area (Å²) in [5.74, 6) is 1.91. The summed E-state index contributed by atoms with van der Waals surface area (Å²) in [6.45, 7) is 7.35. The number of aromatic nitrogens is 3. The van der Waals surface area contributed by atoms with E-state index in [2.05, 4.69) is 27.4 Å². The Hall–Kier alpha value is -1.46. The average molecular weight is 314 g/mol. The van der Waals surface area contributed by atoms with Crippen LogP contribution in [0.4, 0.5) is 0 Å². The molecule has 5 nitrogen and oxygen atoms in total. The highest BCUT2D eigenvalue weighted by molar-refractivity contribution is 5.71. The van der Waals surface area contributed by atoms with Crippen LogP contribution in [0.3, 0.4) is 0 Å². The Labute approximate surface area is 137 Å². The Balaban J connectivity index is 1.71. The van der Waals surface area contributed by atoms with Gasteiger partial charge in [-0.2, -0.15) is 0 Å². The molecular formula is C18H26N4O. The second kappa shape index (κ2) is 6.57. The van der Waals surface area contributed by atoms with E-state index in [9.17, 15) is 0 Å². The van der Waals surface area contributed by atoms with Crippen molar-refractivity contribution in [1.82, 2.24) is 19.4 Å². The van der Waals surface area contributed by atoms with E-state index in [1.165, 1.54) is 25.2 Å². The van der Waals surface area contributed by atoms with E-state index in [-0.39, 0.29) is 0 Å². The number of imidazole rings is 1. The van der Waals surface area contributed by atoms with Crippen LogP contribution < -0.4 is 0 Å². The SMILES string of the molecule is CCN1CCCC1c1nc2cccnc2n1CC1CCOCC1. The second-order valence-corrected chi connectivity index (χ2v) is 6.77. The zero-order valence-corrected chi connectivity index (χ0v) is 13.9. The van der Waals surface area contributed by atoms with Gasteiger partial charge >= 0.3 is 0 Å². The number of hydrogen-bond acceptors (Lipinski definition) is 4. The van der Waals surface area contributed by atoms with Gasteiger partial charge in [-0.15, -0.1) is 0 Å². The summed E-state index contributed by atoms with van der Waals surface area (Å²) < 4.78 is 7.93. The fourth-order valence-corrected chi connectivity index (χ4v) is 4.09. The monoisotopic (exact) mass is 314 g/mol. The molecule has 0 radical (unpaired) electrons. The molecule has 4 heterocycles. The predicted molar refractivity (Wildman–Crippen MR) is 90.3 cm³/mol. The van der Waals surface area contributed by atoms with Crippen LogP contribution in [-0.4, -0.2) is 45.7 Å². The molecule has 4 rings (SSSR count). The standard InChI is InChI=1S/C18H26N4O/c1-2-21-10-4-6-16(21)18-20-15-5-3-9-19-17(15)22(18)13-14-7-11-23-12-8-14/h3,5,9,14,16H,2,4,6-8,10-13H2,1H3. The van der Waals surface area contributed by atoms with Gasteiger partial charge in [0.25, 0.3) is 0 Å². The maximum Gasteiger partial charge on any atom is 0.160 e. The lowest BCUT2D eigenvalue weighted by atomic mass is 10.00. The van der Waals surface area contributed by atoms with Crippen LogP contribution in [0, 0.1) is 5.92 Å². The average Bonchev–Trinajstić information content (AvgIpc) is 3.20. The summed E-state index contributed by atoms with van der Waals surface area (Å²) in [5, 5.41) is 0. The highest BCUT2D eigenvalue weighted by Crippen LogP contribution is 2.33. The van der Waals surface area contributed by atoms with Gasteiger partial charge in [0.05, 0.1) is 6.04 Å². The highest BCUT2D eigenvalue weighted by Gasteiger charge is 2.30. The van der Waals surface area contributed by atoms with Crippen molar-refractivity contribution in [1.29, 1.82) is 0 Å². The lowest BCUT2D eigenvalue weighted by Crippen LogP contribution is -2.27. The number of ether oxygens (including phenoxy) is 1. The lowest BCUT2D eigenvalue weighted by molar-refractivity contribution is 0.0609. The Morgan fingerprint density at radius 1 is 1.26 bits per heavy atom. The molecule has 0 saturated carbocycles. The maximum atomic E-state index is 5.52. The van der Waals surface area contributed by atoms with Crippen molar-refractivity contribution >= 4 is 11.2 Å². The van der Waals surface area contributed by atoms with E-state index in [1.54, 1.807) is 0 Å². The van der Waals surface area contributed by atoms with Gasteiger partial charge in [-0.1, -0.05) is 6.92 Å². The first kappa shape index (κ1) is 15.1. The summed E-state index contributed by atoms with van der Waals surface area (Å²) in [5.41, 5.74) is 2.09. The normalized spacial score (nSPS) is 23.8. The summed E-state index contributed by atoms with van der Waals surface area (Å²) >= 11 is 0. The Kier molecular flexibility index (Phi) is 4.31. The topological polar surface area (TPSA) is 43.2 Å². The van der Waals surface area contributed by atoms with Crippen molar-refractivity contribution in [2.24, 2.45) is 5.92 Å². The largest absolute Gasteiger partial charge is 0.381 e. The number of likely N-dealkylation sites (tertiary alicyclic amines) is 1. The molecule has 2 aromatic heterocycles. The molecule has 23 heavy (non-hydrogen) atoms. The summed E-state index contributed by atoms with van der Waals surface area (Å²) in [6.07, 6.45) is 6.67. The molecule has 0 aliphatic carbocycles. The Morgan fingerprint density at radius 2 is 2.13 bits per heavy atom. The van der Waals surface area contributed by atoms with Crippen molar-refractivity contribution in [2.45, 2.75) is 45.2 Å². The Bertz CT molecular complexity index is 662. The maximum absolute atomic E-state index is 5.52. The molecule has 0 N–H and O–H groups in total. The molecule has 0 spiro atoms. The van der Waals surface area contributed by atoms with Crippen molar-refractivity contribution in [2.75, 3.05) is 26.3 Å². The predicted octanol–water partition coefficient (Wildman–Crippen LogP) is 3.01. The number of fused-ring (bicyclic) bond motifs is 1. The van der Waals surface area contributed by atoms with Crippen LogP contribution in [-0.2, 0) is 11.3 Å². The third-order valence-corrected chi connectivity index (χ3v) is 5.38. The van der Waals surface area contributed by atoms with Gasteiger partial charge < -0.3 is 9.30 Å². The Morgan fingerprint density at radius 3 is 2.96 bits per heavy atom. The first-order valence-electron chi connectivity index (χ1n) is 8.99. The number of hydrogen-bond donors (Lipinski definition) is 0. The molecule has 2 aliphatic rings. The van der Waals surface area contributed by atoms with Crippen LogP contribution in [0.1, 0.15) is 44.5 Å².